The topological polar surface area (TPSA) is 71.3 Å². The van der Waals surface area contributed by atoms with Crippen LogP contribution in [-0.2, 0) is 16.1 Å². The summed E-state index contributed by atoms with van der Waals surface area (Å²) in [5.41, 5.74) is 3.80. The molecule has 1 heterocycles. The van der Waals surface area contributed by atoms with Crippen molar-refractivity contribution in [3.63, 3.8) is 0 Å². The van der Waals surface area contributed by atoms with Crippen LogP contribution in [0.5, 0.6) is 0 Å². The highest BCUT2D eigenvalue weighted by atomic mass is 35.5. The molecule has 0 unspecified atom stereocenters. The molecular formula is C19H17ClN2O3S. The Balaban J connectivity index is 2.42. The van der Waals surface area contributed by atoms with Gasteiger partial charge in [0.15, 0.2) is 0 Å². The Kier molecular flexibility index (Phi) is 4.98. The van der Waals surface area contributed by atoms with Gasteiger partial charge in [-0.1, -0.05) is 23.7 Å². The summed E-state index contributed by atoms with van der Waals surface area (Å²) in [6.07, 6.45) is 0. The number of thiol groups is 1. The van der Waals surface area contributed by atoms with Crippen LogP contribution in [0.1, 0.15) is 12.6 Å². The van der Waals surface area contributed by atoms with Gasteiger partial charge >= 0.3 is 5.97 Å². The third kappa shape index (κ3) is 3.30. The Hall–Kier alpha value is -2.44. The molecule has 0 spiro atoms. The number of rotatable bonds is 4. The molecule has 2 aromatic carbocycles. The molecule has 0 bridgehead atoms. The summed E-state index contributed by atoms with van der Waals surface area (Å²) >= 11 is 10.5. The average Bonchev–Trinajstić information content (AvgIpc) is 2.83. The third-order valence-corrected chi connectivity index (χ3v) is 4.82. The van der Waals surface area contributed by atoms with Gasteiger partial charge in [0, 0.05) is 33.5 Å². The van der Waals surface area contributed by atoms with Gasteiger partial charge in [-0.3, -0.25) is 9.59 Å². The van der Waals surface area contributed by atoms with Gasteiger partial charge in [0.1, 0.15) is 6.54 Å². The third-order valence-electron chi connectivity index (χ3n) is 4.20. The summed E-state index contributed by atoms with van der Waals surface area (Å²) in [5.74, 6) is -1.16. The molecule has 0 aliphatic heterocycles. The summed E-state index contributed by atoms with van der Waals surface area (Å²) in [6, 6.07) is 10.9. The van der Waals surface area contributed by atoms with Crippen molar-refractivity contribution in [3.8, 4) is 11.1 Å². The number of hydrogen-bond donors (Lipinski definition) is 3. The Morgan fingerprint density at radius 3 is 2.42 bits per heavy atom. The zero-order valence-electron chi connectivity index (χ0n) is 14.2. The molecule has 1 aromatic heterocycles. The monoisotopic (exact) mass is 388 g/mol. The lowest BCUT2D eigenvalue weighted by atomic mass is 10.0. The lowest BCUT2D eigenvalue weighted by molar-refractivity contribution is -0.137. The first-order valence-corrected chi connectivity index (χ1v) is 8.72. The predicted molar refractivity (Wildman–Crippen MR) is 106 cm³/mol. The summed E-state index contributed by atoms with van der Waals surface area (Å²) in [7, 11) is 0. The first-order valence-electron chi connectivity index (χ1n) is 7.89. The van der Waals surface area contributed by atoms with E-state index in [9.17, 15) is 14.7 Å². The molecular weight excluding hydrogens is 372 g/mol. The summed E-state index contributed by atoms with van der Waals surface area (Å²) in [6.45, 7) is 3.11. The van der Waals surface area contributed by atoms with Gasteiger partial charge in [-0.2, -0.15) is 0 Å². The van der Waals surface area contributed by atoms with E-state index in [4.69, 9.17) is 11.6 Å². The van der Waals surface area contributed by atoms with Crippen molar-refractivity contribution in [1.29, 1.82) is 0 Å². The standard InChI is InChI=1S/C19H17ClN2O3S/c1-10-17(12-3-5-13(20)6-4-12)18-14(22(10)9-16(24)25)7-8-15(26)19(18)21-11(2)23/h3-8,26H,9H2,1-2H3,(H,21,23)(H,24,25). The molecule has 0 saturated carbocycles. The van der Waals surface area contributed by atoms with E-state index in [0.29, 0.717) is 15.6 Å². The molecule has 134 valence electrons. The molecule has 1 amide bonds. The fourth-order valence-corrected chi connectivity index (χ4v) is 3.53. The molecule has 3 rings (SSSR count). The summed E-state index contributed by atoms with van der Waals surface area (Å²) in [5, 5.41) is 13.5. The normalized spacial score (nSPS) is 10.9. The van der Waals surface area contributed by atoms with Gasteiger partial charge < -0.3 is 15.0 Å². The molecule has 2 N–H and O–H groups in total. The van der Waals surface area contributed by atoms with Crippen molar-refractivity contribution in [1.82, 2.24) is 4.57 Å². The summed E-state index contributed by atoms with van der Waals surface area (Å²) in [4.78, 5) is 23.7. The molecule has 5 nitrogen and oxygen atoms in total. The van der Waals surface area contributed by atoms with Gasteiger partial charge in [0.25, 0.3) is 0 Å². The highest BCUT2D eigenvalue weighted by molar-refractivity contribution is 7.80. The predicted octanol–water partition coefficient (Wildman–Crippen LogP) is 4.60. The van der Waals surface area contributed by atoms with Crippen LogP contribution in [0.2, 0.25) is 5.02 Å². The molecule has 0 fully saturated rings. The number of carboxylic acid groups (broad SMARTS) is 1. The van der Waals surface area contributed by atoms with E-state index in [2.05, 4.69) is 17.9 Å². The van der Waals surface area contributed by atoms with Crippen LogP contribution in [-0.4, -0.2) is 21.6 Å². The molecule has 0 saturated heterocycles. The SMILES string of the molecule is CC(=O)Nc1c(S)ccc2c1c(-c1ccc(Cl)cc1)c(C)n2CC(=O)O. The Bertz CT molecular complexity index is 1030. The minimum absolute atomic E-state index is 0.179. The highest BCUT2D eigenvalue weighted by Crippen LogP contribution is 2.41. The molecule has 0 radical (unpaired) electrons. The van der Waals surface area contributed by atoms with E-state index in [-0.39, 0.29) is 12.5 Å². The van der Waals surface area contributed by atoms with E-state index in [1.54, 1.807) is 22.8 Å². The van der Waals surface area contributed by atoms with Crippen LogP contribution >= 0.6 is 24.2 Å². The largest absolute Gasteiger partial charge is 0.480 e. The van der Waals surface area contributed by atoms with Crippen LogP contribution in [0.25, 0.3) is 22.0 Å². The number of hydrogen-bond acceptors (Lipinski definition) is 3. The van der Waals surface area contributed by atoms with E-state index >= 15 is 0 Å². The second-order valence-corrected chi connectivity index (χ2v) is 6.90. The maximum atomic E-state index is 11.7. The number of benzene rings is 2. The Morgan fingerprint density at radius 2 is 1.85 bits per heavy atom. The quantitative estimate of drug-likeness (QED) is 0.572. The fraction of sp³-hybridized carbons (Fsp3) is 0.158. The van der Waals surface area contributed by atoms with Crippen molar-refractivity contribution in [3.05, 3.63) is 47.1 Å². The van der Waals surface area contributed by atoms with Crippen LogP contribution in [0.15, 0.2) is 41.3 Å². The number of anilines is 1. The minimum Gasteiger partial charge on any atom is -0.480 e. The number of amides is 1. The Morgan fingerprint density at radius 1 is 1.19 bits per heavy atom. The lowest BCUT2D eigenvalue weighted by Crippen LogP contribution is -2.10. The van der Waals surface area contributed by atoms with Gasteiger partial charge in [-0.25, -0.2) is 0 Å². The number of halogens is 1. The van der Waals surface area contributed by atoms with Crippen molar-refractivity contribution in [2.75, 3.05) is 5.32 Å². The van der Waals surface area contributed by atoms with Gasteiger partial charge in [-0.15, -0.1) is 12.6 Å². The maximum Gasteiger partial charge on any atom is 0.323 e. The van der Waals surface area contributed by atoms with E-state index in [1.165, 1.54) is 6.92 Å². The number of nitrogens with one attached hydrogen (secondary N) is 1. The Labute approximate surface area is 161 Å². The molecule has 0 aliphatic rings. The maximum absolute atomic E-state index is 11.7. The molecule has 7 heteroatoms. The van der Waals surface area contributed by atoms with Crippen LogP contribution in [0.3, 0.4) is 0 Å². The zero-order chi connectivity index (χ0) is 19.0. The second-order valence-electron chi connectivity index (χ2n) is 5.98. The van der Waals surface area contributed by atoms with Crippen molar-refractivity contribution in [2.24, 2.45) is 0 Å². The number of carbonyl (C=O) groups excluding carboxylic acids is 1. The smallest absolute Gasteiger partial charge is 0.323 e. The van der Waals surface area contributed by atoms with Crippen LogP contribution < -0.4 is 5.32 Å². The van der Waals surface area contributed by atoms with Gasteiger partial charge in [0.05, 0.1) is 11.2 Å². The summed E-state index contributed by atoms with van der Waals surface area (Å²) < 4.78 is 1.72. The second kappa shape index (κ2) is 7.05. The first-order chi connectivity index (χ1) is 12.3. The lowest BCUT2D eigenvalue weighted by Gasteiger charge is -2.10. The zero-order valence-corrected chi connectivity index (χ0v) is 15.9. The number of fused-ring (bicyclic) bond motifs is 1. The minimum atomic E-state index is -0.941. The van der Waals surface area contributed by atoms with Crippen molar-refractivity contribution >= 4 is 52.7 Å². The van der Waals surface area contributed by atoms with Gasteiger partial charge in [0.2, 0.25) is 5.91 Å². The van der Waals surface area contributed by atoms with Crippen LogP contribution in [0.4, 0.5) is 5.69 Å². The number of carboxylic acids is 1. The number of aromatic nitrogens is 1. The van der Waals surface area contributed by atoms with E-state index in [0.717, 1.165) is 27.7 Å². The molecule has 0 atom stereocenters. The van der Waals surface area contributed by atoms with E-state index in [1.807, 2.05) is 25.1 Å². The molecule has 26 heavy (non-hydrogen) atoms. The average molecular weight is 389 g/mol. The molecule has 3 aromatic rings. The van der Waals surface area contributed by atoms with Crippen molar-refractivity contribution < 1.29 is 14.7 Å². The number of carbonyl (C=O) groups is 2. The van der Waals surface area contributed by atoms with Gasteiger partial charge in [-0.05, 0) is 36.8 Å². The van der Waals surface area contributed by atoms with Crippen LogP contribution in [0, 0.1) is 6.92 Å². The van der Waals surface area contributed by atoms with Crippen molar-refractivity contribution in [2.45, 2.75) is 25.3 Å². The first kappa shape index (κ1) is 18.4. The highest BCUT2D eigenvalue weighted by Gasteiger charge is 2.21. The molecule has 0 aliphatic carbocycles. The number of aliphatic carboxylic acids is 1. The van der Waals surface area contributed by atoms with E-state index < -0.39 is 5.97 Å². The number of nitrogens with zero attached hydrogens (tertiary/aromatic N) is 1. The fourth-order valence-electron chi connectivity index (χ4n) is 3.17.